The number of benzene rings is 8. The maximum absolute atomic E-state index is 12.6. The predicted octanol–water partition coefficient (Wildman–Crippen LogP) is 21.5. The molecular weight excluding hydrogens is 1420 g/mol. The highest BCUT2D eigenvalue weighted by Crippen LogP contribution is 2.34. The first-order valence-corrected chi connectivity index (χ1v) is 36.7. The minimum Gasteiger partial charge on any atom is -0.469 e. The fourth-order valence-electron chi connectivity index (χ4n) is 12.3. The van der Waals surface area contributed by atoms with Crippen LogP contribution in [0.25, 0.3) is 43.6 Å². The molecule has 16 aromatic rings. The number of nitrogens with zero attached hydrogens (tertiary/aromatic N) is 5. The van der Waals surface area contributed by atoms with Gasteiger partial charge in [-0.15, -0.1) is 11.3 Å². The van der Waals surface area contributed by atoms with E-state index in [1.165, 1.54) is 73.4 Å². The van der Waals surface area contributed by atoms with Crippen molar-refractivity contribution in [3.8, 4) is 0 Å². The van der Waals surface area contributed by atoms with Crippen LogP contribution in [0.3, 0.4) is 0 Å². The molecule has 0 radical (unpaired) electrons. The number of nitrogens with one attached hydrogen (secondary N) is 5. The van der Waals surface area contributed by atoms with Gasteiger partial charge in [0.1, 0.15) is 10.6 Å². The van der Waals surface area contributed by atoms with Crippen LogP contribution in [0.4, 0.5) is 22.7 Å². The second kappa shape index (κ2) is 32.2. The van der Waals surface area contributed by atoms with Crippen LogP contribution in [0.2, 0.25) is 5.02 Å². The number of furan rings is 1. The van der Waals surface area contributed by atoms with E-state index in [-0.39, 0.29) is 23.6 Å². The topological polar surface area (TPSA) is 178 Å². The van der Waals surface area contributed by atoms with Gasteiger partial charge in [-0.05, 0) is 122 Å². The quantitative estimate of drug-likeness (QED) is 0.0643. The molecule has 0 atom stereocenters. The normalized spacial score (nSPS) is 11.0. The summed E-state index contributed by atoms with van der Waals surface area (Å²) in [6, 6.07) is 69.9. The van der Waals surface area contributed by atoms with Crippen molar-refractivity contribution in [2.24, 2.45) is 0 Å². The fourth-order valence-corrected chi connectivity index (χ4v) is 14.8. The molecule has 0 saturated carbocycles. The molecule has 520 valence electrons. The highest BCUT2D eigenvalue weighted by Gasteiger charge is 2.21. The third kappa shape index (κ3) is 16.7. The van der Waals surface area contributed by atoms with Crippen molar-refractivity contribution >= 4 is 140 Å². The van der Waals surface area contributed by atoms with Gasteiger partial charge in [-0.25, -0.2) is 0 Å². The molecule has 8 aromatic heterocycles. The van der Waals surface area contributed by atoms with Crippen LogP contribution >= 0.6 is 50.2 Å². The molecule has 0 bridgehead atoms. The number of rotatable bonds is 16. The zero-order valence-corrected chi connectivity index (χ0v) is 62.0. The molecule has 104 heavy (non-hydrogen) atoms. The van der Waals surface area contributed by atoms with Crippen molar-refractivity contribution in [2.75, 3.05) is 21.3 Å². The third-order valence-electron chi connectivity index (χ3n) is 17.9. The van der Waals surface area contributed by atoms with E-state index in [1.54, 1.807) is 25.3 Å². The number of carbonyl (C=O) groups is 4. The minimum absolute atomic E-state index is 0.101. The van der Waals surface area contributed by atoms with Gasteiger partial charge in [-0.1, -0.05) is 204 Å². The molecule has 0 aliphatic heterocycles. The number of hydrogen-bond donors (Lipinski definition) is 5. The Morgan fingerprint density at radius 2 is 0.779 bits per heavy atom. The number of H-pyrrole nitrogens is 1. The highest BCUT2D eigenvalue weighted by atomic mass is 79.9. The monoisotopic (exact) mass is 1490 g/mol. The lowest BCUT2D eigenvalue weighted by Crippen LogP contribution is -2.12. The zero-order chi connectivity index (χ0) is 72.4. The van der Waals surface area contributed by atoms with Gasteiger partial charge < -0.3 is 44.0 Å². The second-order valence-corrected chi connectivity index (χ2v) is 28.5. The van der Waals surface area contributed by atoms with Crippen LogP contribution in [-0.4, -0.2) is 52.1 Å². The third-order valence-corrected chi connectivity index (χ3v) is 20.9. The van der Waals surface area contributed by atoms with Crippen molar-refractivity contribution < 1.29 is 23.6 Å². The van der Waals surface area contributed by atoms with E-state index in [4.69, 9.17) is 16.0 Å². The largest absolute Gasteiger partial charge is 0.469 e. The molecule has 15 nitrogen and oxygen atoms in total. The Bertz CT molecular complexity index is 5010. The summed E-state index contributed by atoms with van der Waals surface area (Å²) < 4.78 is 14.7. The van der Waals surface area contributed by atoms with Gasteiger partial charge in [0, 0.05) is 93.4 Å². The average Bonchev–Trinajstić information content (AvgIpc) is 1.66. The van der Waals surface area contributed by atoms with Crippen LogP contribution in [0.1, 0.15) is 96.7 Å². The number of halogens is 2. The number of carbonyl (C=O) groups excluding carboxylic acids is 4. The van der Waals surface area contributed by atoms with E-state index in [2.05, 4.69) is 215 Å². The molecule has 4 amide bonds. The standard InChI is InChI=1S/C22H20N2O2.C21H17BrN2OS.C21H17ClN2OS.C21H20N4O/c1-15-7-9-17(10-8-15)13-24-14-20(19-5-3-4-6-21(19)24)23-22(25)18-11-12-26-16(18)2;1-14-6-8-15(9-7-14)10-24-11-19(16-4-2-3-5-20(16)24)23-21(25)17-12-26-13-18(17)22;1-14-6-8-15(9-7-14)12-24-13-18(16-4-2-3-5-19(16)24)23-21(25)20-17(22)10-11-26-20;1-14-7-9-16(10-8-14)12-25-13-19(17-5-3-4-6-20(17)25)23-21(26)18-11-22-24-15(18)2/h3-12,14H,13H2,1-2H3,(H,23,25);2-9,11-13H,10H2,1H3,(H,23,25);2-11,13H,12H2,1H3,(H,23,25);3-11,13H,12H2,1-2H3,(H,22,24)(H,23,26). The summed E-state index contributed by atoms with van der Waals surface area (Å²) >= 11 is 12.4. The van der Waals surface area contributed by atoms with Crippen molar-refractivity contribution in [1.29, 1.82) is 0 Å². The van der Waals surface area contributed by atoms with Gasteiger partial charge in [-0.2, -0.15) is 16.4 Å². The molecular formula is C85H74BrClN10O5S2. The number of para-hydroxylation sites is 4. The van der Waals surface area contributed by atoms with Crippen molar-refractivity contribution in [3.63, 3.8) is 0 Å². The van der Waals surface area contributed by atoms with Gasteiger partial charge in [0.25, 0.3) is 23.6 Å². The molecule has 8 heterocycles. The lowest BCUT2D eigenvalue weighted by Gasteiger charge is -2.06. The number of anilines is 4. The van der Waals surface area contributed by atoms with Crippen LogP contribution in [-0.2, 0) is 26.2 Å². The first-order chi connectivity index (χ1) is 50.5. The van der Waals surface area contributed by atoms with Crippen molar-refractivity contribution in [2.45, 2.75) is 67.7 Å². The summed E-state index contributed by atoms with van der Waals surface area (Å²) in [4.78, 5) is 50.8. The molecule has 19 heteroatoms. The zero-order valence-electron chi connectivity index (χ0n) is 58.0. The van der Waals surface area contributed by atoms with E-state index < -0.39 is 0 Å². The van der Waals surface area contributed by atoms with E-state index in [1.807, 2.05) is 121 Å². The number of aromatic nitrogens is 6. The summed E-state index contributed by atoms with van der Waals surface area (Å²) in [7, 11) is 0. The Kier molecular flexibility index (Phi) is 21.9. The molecule has 8 aromatic carbocycles. The Hall–Kier alpha value is -11.5. The van der Waals surface area contributed by atoms with Crippen LogP contribution in [0, 0.1) is 41.5 Å². The van der Waals surface area contributed by atoms with E-state index in [0.29, 0.717) is 32.4 Å². The Morgan fingerprint density at radius 1 is 0.433 bits per heavy atom. The van der Waals surface area contributed by atoms with E-state index >= 15 is 0 Å². The molecule has 0 spiro atoms. The van der Waals surface area contributed by atoms with Gasteiger partial charge in [-0.3, -0.25) is 24.3 Å². The highest BCUT2D eigenvalue weighted by molar-refractivity contribution is 9.10. The van der Waals surface area contributed by atoms with Gasteiger partial charge >= 0.3 is 0 Å². The minimum atomic E-state index is -0.178. The molecule has 0 saturated heterocycles. The SMILES string of the molecule is Cc1ccc(Cn2cc(NC(=O)c3ccoc3C)c3ccccc32)cc1.Cc1ccc(Cn2cc(NC(=O)c3cn[nH]c3C)c3ccccc32)cc1.Cc1ccc(Cn2cc(NC(=O)c3cscc3Br)c3ccccc32)cc1.Cc1ccc(Cn2cc(NC(=O)c3sccc3Cl)c3ccccc32)cc1. The summed E-state index contributed by atoms with van der Waals surface area (Å²) in [6.45, 7) is 15.0. The van der Waals surface area contributed by atoms with Crippen LogP contribution in [0.15, 0.2) is 269 Å². The maximum atomic E-state index is 12.6. The summed E-state index contributed by atoms with van der Waals surface area (Å²) in [5.74, 6) is 0.0227. The molecule has 0 unspecified atom stereocenters. The molecule has 5 N–H and O–H groups in total. The first kappa shape index (κ1) is 70.9. The number of aromatic amines is 1. The number of amides is 4. The lowest BCUT2D eigenvalue weighted by molar-refractivity contribution is 0.101. The number of thiophene rings is 2. The molecule has 0 aliphatic carbocycles. The fraction of sp³-hybridized carbons (Fsp3) is 0.118. The van der Waals surface area contributed by atoms with Crippen molar-refractivity contribution in [3.05, 3.63) is 347 Å². The summed E-state index contributed by atoms with van der Waals surface area (Å²) in [5, 5.41) is 29.0. The average molecular weight is 1500 g/mol. The Morgan fingerprint density at radius 3 is 1.09 bits per heavy atom. The number of aryl methyl sites for hydroxylation is 6. The van der Waals surface area contributed by atoms with E-state index in [0.717, 1.165) is 103 Å². The smallest absolute Gasteiger partial charge is 0.267 e. The van der Waals surface area contributed by atoms with Crippen LogP contribution < -0.4 is 21.3 Å². The molecule has 16 rings (SSSR count). The van der Waals surface area contributed by atoms with E-state index in [9.17, 15) is 19.2 Å². The van der Waals surface area contributed by atoms with Gasteiger partial charge in [0.05, 0.1) is 79.0 Å². The predicted molar refractivity (Wildman–Crippen MR) is 429 cm³/mol. The lowest BCUT2D eigenvalue weighted by atomic mass is 10.1. The Labute approximate surface area is 623 Å². The number of hydrogen-bond acceptors (Lipinski definition) is 8. The van der Waals surface area contributed by atoms with Gasteiger partial charge in [0.15, 0.2) is 0 Å². The molecule has 0 aliphatic rings. The second-order valence-electron chi connectivity index (χ2n) is 25.5. The van der Waals surface area contributed by atoms with Crippen LogP contribution in [0.5, 0.6) is 0 Å². The maximum Gasteiger partial charge on any atom is 0.267 e. The summed E-state index contributed by atoms with van der Waals surface area (Å²) in [6.07, 6.45) is 11.1. The first-order valence-electron chi connectivity index (χ1n) is 33.7. The Balaban J connectivity index is 0.000000123. The molecule has 0 fully saturated rings. The van der Waals surface area contributed by atoms with Crippen molar-refractivity contribution in [1.82, 2.24) is 28.5 Å². The number of fused-ring (bicyclic) bond motifs is 4. The van der Waals surface area contributed by atoms with Gasteiger partial charge in [0.2, 0.25) is 0 Å². The summed E-state index contributed by atoms with van der Waals surface area (Å²) in [5.41, 5.74) is 20.0.